The molecule has 140 valence electrons. The first-order valence-electron chi connectivity index (χ1n) is 9.29. The summed E-state index contributed by atoms with van der Waals surface area (Å²) in [6.07, 6.45) is 3.80. The van der Waals surface area contributed by atoms with E-state index < -0.39 is 10.0 Å². The van der Waals surface area contributed by atoms with Crippen LogP contribution in [0.2, 0.25) is 0 Å². The number of amides is 1. The Kier molecular flexibility index (Phi) is 7.44. The van der Waals surface area contributed by atoms with E-state index in [4.69, 9.17) is 0 Å². The molecule has 1 heterocycles. The zero-order valence-electron chi connectivity index (χ0n) is 15.4. The van der Waals surface area contributed by atoms with Crippen molar-refractivity contribution in [3.8, 4) is 0 Å². The molecule has 1 aromatic carbocycles. The highest BCUT2D eigenvalue weighted by Crippen LogP contribution is 2.13. The number of rotatable bonds is 8. The van der Waals surface area contributed by atoms with Crippen LogP contribution < -0.4 is 0 Å². The minimum atomic E-state index is -3.16. The van der Waals surface area contributed by atoms with E-state index in [1.165, 1.54) is 15.4 Å². The smallest absolute Gasteiger partial charge is 0.222 e. The van der Waals surface area contributed by atoms with Crippen molar-refractivity contribution in [3.63, 3.8) is 0 Å². The van der Waals surface area contributed by atoms with Gasteiger partial charge < -0.3 is 4.90 Å². The highest BCUT2D eigenvalue weighted by molar-refractivity contribution is 7.89. The molecule has 0 N–H and O–H groups in total. The van der Waals surface area contributed by atoms with Crippen molar-refractivity contribution in [2.24, 2.45) is 0 Å². The molecule has 0 saturated carbocycles. The molecule has 25 heavy (non-hydrogen) atoms. The van der Waals surface area contributed by atoms with Gasteiger partial charge in [-0.05, 0) is 30.4 Å². The first-order valence-corrected chi connectivity index (χ1v) is 10.9. The van der Waals surface area contributed by atoms with E-state index in [9.17, 15) is 13.2 Å². The maximum absolute atomic E-state index is 12.4. The Morgan fingerprint density at radius 1 is 1.00 bits per heavy atom. The number of piperazine rings is 1. The topological polar surface area (TPSA) is 57.7 Å². The Labute approximate surface area is 152 Å². The Bertz CT molecular complexity index is 648. The van der Waals surface area contributed by atoms with Gasteiger partial charge in [-0.1, -0.05) is 44.5 Å². The number of hydrogen-bond donors (Lipinski definition) is 0. The van der Waals surface area contributed by atoms with Gasteiger partial charge in [0.15, 0.2) is 0 Å². The summed E-state index contributed by atoms with van der Waals surface area (Å²) in [4.78, 5) is 14.2. The number of carbonyl (C=O) groups is 1. The lowest BCUT2D eigenvalue weighted by Crippen LogP contribution is -2.51. The van der Waals surface area contributed by atoms with Gasteiger partial charge in [-0.25, -0.2) is 8.42 Å². The highest BCUT2D eigenvalue weighted by Gasteiger charge is 2.28. The summed E-state index contributed by atoms with van der Waals surface area (Å²) in [7, 11) is -3.16. The van der Waals surface area contributed by atoms with Crippen molar-refractivity contribution in [1.82, 2.24) is 9.21 Å². The summed E-state index contributed by atoms with van der Waals surface area (Å²) >= 11 is 0. The average Bonchev–Trinajstić information content (AvgIpc) is 2.65. The van der Waals surface area contributed by atoms with E-state index >= 15 is 0 Å². The van der Waals surface area contributed by atoms with E-state index in [2.05, 4.69) is 31.2 Å². The minimum Gasteiger partial charge on any atom is -0.340 e. The molecule has 1 amide bonds. The van der Waals surface area contributed by atoms with Gasteiger partial charge in [0.05, 0.1) is 5.75 Å². The van der Waals surface area contributed by atoms with Crippen LogP contribution in [0.15, 0.2) is 24.3 Å². The Balaban J connectivity index is 1.78. The second kappa shape index (κ2) is 9.34. The second-order valence-electron chi connectivity index (χ2n) is 6.62. The molecule has 1 aromatic rings. The molecule has 0 aromatic heterocycles. The van der Waals surface area contributed by atoms with Crippen LogP contribution in [0, 0.1) is 0 Å². The van der Waals surface area contributed by atoms with Crippen molar-refractivity contribution >= 4 is 15.9 Å². The lowest BCUT2D eigenvalue weighted by atomic mass is 10.1. The third kappa shape index (κ3) is 5.82. The first-order chi connectivity index (χ1) is 12.0. The van der Waals surface area contributed by atoms with Crippen LogP contribution >= 0.6 is 0 Å². The Morgan fingerprint density at radius 3 is 2.16 bits per heavy atom. The third-order valence-electron chi connectivity index (χ3n) is 4.80. The highest BCUT2D eigenvalue weighted by atomic mass is 32.2. The van der Waals surface area contributed by atoms with E-state index in [1.54, 1.807) is 4.90 Å². The van der Waals surface area contributed by atoms with Crippen LogP contribution in [0.25, 0.3) is 0 Å². The number of sulfonamides is 1. The third-order valence-corrected chi connectivity index (χ3v) is 6.76. The summed E-state index contributed by atoms with van der Waals surface area (Å²) in [5.41, 5.74) is 2.47. The molecule has 6 heteroatoms. The number of carbonyl (C=O) groups excluding carboxylic acids is 1. The van der Waals surface area contributed by atoms with Crippen LogP contribution in [0.4, 0.5) is 0 Å². The van der Waals surface area contributed by atoms with Crippen LogP contribution in [-0.4, -0.2) is 55.5 Å². The fraction of sp³-hybridized carbons (Fsp3) is 0.632. The second-order valence-corrected chi connectivity index (χ2v) is 8.71. The molecule has 0 radical (unpaired) electrons. The van der Waals surface area contributed by atoms with Crippen LogP contribution in [0.1, 0.15) is 44.2 Å². The van der Waals surface area contributed by atoms with Crippen LogP contribution in [-0.2, 0) is 27.7 Å². The van der Waals surface area contributed by atoms with Crippen molar-refractivity contribution in [1.29, 1.82) is 0 Å². The van der Waals surface area contributed by atoms with Gasteiger partial charge in [-0.3, -0.25) is 4.79 Å². The van der Waals surface area contributed by atoms with Crippen molar-refractivity contribution in [2.45, 2.75) is 46.0 Å². The van der Waals surface area contributed by atoms with E-state index in [0.717, 1.165) is 19.3 Å². The maximum atomic E-state index is 12.4. The van der Waals surface area contributed by atoms with Gasteiger partial charge in [-0.15, -0.1) is 0 Å². The van der Waals surface area contributed by atoms with E-state index in [1.807, 2.05) is 6.92 Å². The van der Waals surface area contributed by atoms with Crippen molar-refractivity contribution in [2.75, 3.05) is 31.9 Å². The molecule has 2 rings (SSSR count). The fourth-order valence-electron chi connectivity index (χ4n) is 3.02. The maximum Gasteiger partial charge on any atom is 0.222 e. The summed E-state index contributed by atoms with van der Waals surface area (Å²) in [6, 6.07) is 8.40. The number of aryl methyl sites for hydroxylation is 2. The average molecular weight is 367 g/mol. The summed E-state index contributed by atoms with van der Waals surface area (Å²) in [6.45, 7) is 5.95. The van der Waals surface area contributed by atoms with Gasteiger partial charge in [-0.2, -0.15) is 4.31 Å². The summed E-state index contributed by atoms with van der Waals surface area (Å²) < 4.78 is 26.0. The van der Waals surface area contributed by atoms with Crippen molar-refractivity contribution < 1.29 is 13.2 Å². The molecular formula is C19H30N2O3S. The van der Waals surface area contributed by atoms with Crippen LogP contribution in [0.3, 0.4) is 0 Å². The molecule has 0 aliphatic carbocycles. The van der Waals surface area contributed by atoms with Gasteiger partial charge in [0, 0.05) is 32.6 Å². The predicted octanol–water partition coefficient (Wildman–Crippen LogP) is 2.46. The van der Waals surface area contributed by atoms with Gasteiger partial charge >= 0.3 is 0 Å². The molecule has 0 bridgehead atoms. The molecule has 1 aliphatic heterocycles. The molecule has 0 spiro atoms. The zero-order valence-corrected chi connectivity index (χ0v) is 16.2. The van der Waals surface area contributed by atoms with Crippen molar-refractivity contribution in [3.05, 3.63) is 35.4 Å². The Hall–Kier alpha value is -1.40. The zero-order chi connectivity index (χ0) is 18.3. The minimum absolute atomic E-state index is 0.116. The fourth-order valence-corrected chi connectivity index (χ4v) is 4.65. The monoisotopic (exact) mass is 366 g/mol. The number of unbranched alkanes of at least 4 members (excludes halogenated alkanes) is 1. The van der Waals surface area contributed by atoms with Crippen LogP contribution in [0.5, 0.6) is 0 Å². The largest absolute Gasteiger partial charge is 0.340 e. The molecule has 5 nitrogen and oxygen atoms in total. The quantitative estimate of drug-likeness (QED) is 0.710. The lowest BCUT2D eigenvalue weighted by Gasteiger charge is -2.34. The molecule has 1 saturated heterocycles. The molecule has 1 aliphatic rings. The standard InChI is InChI=1S/C19H30N2O3S/c1-3-5-16-25(23,24)21-14-12-20(13-15-21)19(22)11-10-18-8-6-17(4-2)7-9-18/h6-9H,3-5,10-16H2,1-2H3. The normalized spacial score (nSPS) is 16.2. The van der Waals surface area contributed by atoms with E-state index in [-0.39, 0.29) is 11.7 Å². The summed E-state index contributed by atoms with van der Waals surface area (Å²) in [5, 5.41) is 0. The molecular weight excluding hydrogens is 336 g/mol. The van der Waals surface area contributed by atoms with Gasteiger partial charge in [0.1, 0.15) is 0 Å². The molecule has 0 atom stereocenters. The molecule has 1 fully saturated rings. The number of nitrogens with zero attached hydrogens (tertiary/aromatic N) is 2. The predicted molar refractivity (Wildman–Crippen MR) is 101 cm³/mol. The van der Waals surface area contributed by atoms with Gasteiger partial charge in [0.25, 0.3) is 0 Å². The lowest BCUT2D eigenvalue weighted by molar-refractivity contribution is -0.132. The van der Waals surface area contributed by atoms with E-state index in [0.29, 0.717) is 39.0 Å². The molecule has 0 unspecified atom stereocenters. The Morgan fingerprint density at radius 2 is 1.60 bits per heavy atom. The SMILES string of the molecule is CCCCS(=O)(=O)N1CCN(C(=O)CCc2ccc(CC)cc2)CC1. The number of benzene rings is 1. The summed E-state index contributed by atoms with van der Waals surface area (Å²) in [5.74, 6) is 0.329. The number of hydrogen-bond acceptors (Lipinski definition) is 3. The van der Waals surface area contributed by atoms with Gasteiger partial charge in [0.2, 0.25) is 15.9 Å². The first kappa shape index (κ1) is 19.9.